The summed E-state index contributed by atoms with van der Waals surface area (Å²) in [4.78, 5) is 59.4. The summed E-state index contributed by atoms with van der Waals surface area (Å²) >= 11 is 0. The van der Waals surface area contributed by atoms with Gasteiger partial charge in [0.15, 0.2) is 40.4 Å². The predicted octanol–water partition coefficient (Wildman–Crippen LogP) is 5.28. The molecule has 4 bridgehead atoms. The van der Waals surface area contributed by atoms with Crippen molar-refractivity contribution in [2.75, 3.05) is 105 Å². The summed E-state index contributed by atoms with van der Waals surface area (Å²) < 4.78 is 28.2. The van der Waals surface area contributed by atoms with Gasteiger partial charge in [-0.1, -0.05) is 6.08 Å². The molecule has 24 heteroatoms. The van der Waals surface area contributed by atoms with Gasteiger partial charge in [-0.3, -0.25) is 14.5 Å². The van der Waals surface area contributed by atoms with Gasteiger partial charge in [-0.05, 0) is 80.6 Å². The smallest absolute Gasteiger partial charge is 0.246 e. The largest absolute Gasteiger partial charge is 0.488 e. The molecule has 2 fully saturated rings. The number of amides is 1. The lowest BCUT2D eigenvalue weighted by Gasteiger charge is -2.39. The van der Waals surface area contributed by atoms with Gasteiger partial charge in [0.25, 0.3) is 0 Å². The normalized spacial score (nSPS) is 17.0. The first-order valence-electron chi connectivity index (χ1n) is 26.5. The van der Waals surface area contributed by atoms with Crippen molar-refractivity contribution in [3.05, 3.63) is 133 Å². The first-order chi connectivity index (χ1) is 39.1. The van der Waals surface area contributed by atoms with Crippen LogP contribution in [-0.4, -0.2) is 156 Å². The molecule has 13 rings (SSSR count). The van der Waals surface area contributed by atoms with Crippen molar-refractivity contribution < 1.29 is 23.7 Å². The topological polar surface area (TPSA) is 254 Å². The number of hydrogen-bond acceptors (Lipinski definition) is 21. The van der Waals surface area contributed by atoms with Gasteiger partial charge in [0.2, 0.25) is 5.91 Å². The fourth-order valence-corrected chi connectivity index (χ4v) is 10.3. The highest BCUT2D eigenvalue weighted by Gasteiger charge is 2.35. The summed E-state index contributed by atoms with van der Waals surface area (Å²) in [6.07, 6.45) is 11.6. The standard InChI is InChI=1S/C56H57N19O5/c1-34-21-36(66-53-51-42(60-31-63-53)25-46-55(68-51)71-18-13-58-38(27-71)29-77-46)6-8-44(34)79-40-10-15-74(57)48(23-40)59-12-17-70(3)14-4-5-50(76)73-20-19-72-28-39(73)30-78-47-26-43-52(69-56(47)72)54(64-32-61-43)67-37-7-9-45(35(2)22-37)80-41-11-16-75-49(24-41)62-33-65-75/h4-11,15-16,21-26,31-33,38-39,58H,12-14,17-20,27-30,57H2,1-3H3,(H,60,63,66)(H,61,64,67)/b5-4+,59-48-. The zero-order chi connectivity index (χ0) is 54.3. The maximum Gasteiger partial charge on any atom is 0.246 e. The summed E-state index contributed by atoms with van der Waals surface area (Å²) in [5.41, 5.74) is 7.34. The van der Waals surface area contributed by atoms with Crippen molar-refractivity contribution in [3.63, 3.8) is 0 Å². The average molecular weight is 1080 g/mol. The van der Waals surface area contributed by atoms with E-state index in [-0.39, 0.29) is 18.0 Å². The molecule has 4 aliphatic heterocycles. The Morgan fingerprint density at radius 3 is 2.14 bits per heavy atom. The van der Waals surface area contributed by atoms with Crippen LogP contribution in [0.5, 0.6) is 34.5 Å². The number of benzene rings is 2. The first kappa shape index (κ1) is 49.9. The van der Waals surface area contributed by atoms with Crippen LogP contribution in [0.25, 0.3) is 27.7 Å². The van der Waals surface area contributed by atoms with Crippen molar-refractivity contribution in [2.45, 2.75) is 25.9 Å². The van der Waals surface area contributed by atoms with E-state index < -0.39 is 0 Å². The molecule has 9 aromatic rings. The van der Waals surface area contributed by atoms with E-state index in [1.165, 1.54) is 23.7 Å². The van der Waals surface area contributed by atoms with E-state index in [2.05, 4.69) is 60.7 Å². The highest BCUT2D eigenvalue weighted by Crippen LogP contribution is 2.38. The van der Waals surface area contributed by atoms with Crippen LogP contribution >= 0.6 is 0 Å². The summed E-state index contributed by atoms with van der Waals surface area (Å²) in [5.74, 6) is 12.9. The number of rotatable bonds is 14. The molecule has 0 saturated carbocycles. The zero-order valence-electron chi connectivity index (χ0n) is 44.2. The number of likely N-dealkylation sites (N-methyl/N-ethyl adjacent to an activating group) is 1. The fraction of sp³-hybridized carbons (Fsp3) is 0.286. The lowest BCUT2D eigenvalue weighted by atomic mass is 10.1. The molecule has 406 valence electrons. The SMILES string of the molecule is Cc1cc(Nc2ncnc3cc4c(nc23)N2CCNC(CO4)C2)ccc1Oc1ccn(N)/c(=N\CCN(C)C/C=C/C(=O)N2CCN3CC2COc2cc4ncnc(Nc5ccc(Oc6ccn7ncnc7c6)c(C)c5)c4nc23)c1. The van der Waals surface area contributed by atoms with E-state index in [1.54, 1.807) is 22.9 Å². The van der Waals surface area contributed by atoms with Gasteiger partial charge in [0.1, 0.15) is 71.7 Å². The highest BCUT2D eigenvalue weighted by molar-refractivity contribution is 5.92. The van der Waals surface area contributed by atoms with Crippen molar-refractivity contribution in [1.82, 2.24) is 64.3 Å². The lowest BCUT2D eigenvalue weighted by Crippen LogP contribution is -2.56. The van der Waals surface area contributed by atoms with E-state index in [4.69, 9.17) is 39.8 Å². The molecule has 0 radical (unpaired) electrons. The second-order valence-electron chi connectivity index (χ2n) is 20.2. The van der Waals surface area contributed by atoms with Crippen molar-refractivity contribution >= 4 is 68.3 Å². The maximum absolute atomic E-state index is 13.7. The molecular weight excluding hydrogens is 1020 g/mol. The third-order valence-corrected chi connectivity index (χ3v) is 14.6. The van der Waals surface area contributed by atoms with Crippen molar-refractivity contribution in [2.24, 2.45) is 4.99 Å². The number of fused-ring (bicyclic) bond motifs is 11. The Balaban J connectivity index is 0.599. The number of carbonyl (C=O) groups is 1. The van der Waals surface area contributed by atoms with E-state index in [0.717, 1.165) is 53.7 Å². The number of anilines is 6. The number of ether oxygens (including phenoxy) is 4. The van der Waals surface area contributed by atoms with Gasteiger partial charge in [-0.2, -0.15) is 5.10 Å². The molecule has 80 heavy (non-hydrogen) atoms. The van der Waals surface area contributed by atoms with Gasteiger partial charge >= 0.3 is 0 Å². The van der Waals surface area contributed by atoms with Gasteiger partial charge in [-0.25, -0.2) is 39.4 Å². The number of aromatic nitrogens is 10. The fourth-order valence-electron chi connectivity index (χ4n) is 10.3. The Morgan fingerprint density at radius 2 is 1.44 bits per heavy atom. The molecule has 0 spiro atoms. The molecule has 11 heterocycles. The second-order valence-corrected chi connectivity index (χ2v) is 20.2. The minimum atomic E-state index is -0.180. The third-order valence-electron chi connectivity index (χ3n) is 14.6. The van der Waals surface area contributed by atoms with Crippen LogP contribution in [0.1, 0.15) is 11.1 Å². The van der Waals surface area contributed by atoms with Crippen LogP contribution in [-0.2, 0) is 4.79 Å². The van der Waals surface area contributed by atoms with Crippen LogP contribution in [0.3, 0.4) is 0 Å². The van der Waals surface area contributed by atoms with Gasteiger partial charge in [0, 0.05) is 106 Å². The number of piperazine rings is 2. The first-order valence-corrected chi connectivity index (χ1v) is 26.5. The van der Waals surface area contributed by atoms with E-state index in [9.17, 15) is 4.79 Å². The quantitative estimate of drug-likeness (QED) is 0.0798. The summed E-state index contributed by atoms with van der Waals surface area (Å²) in [6, 6.07) is 22.9. The molecule has 2 unspecified atom stereocenters. The van der Waals surface area contributed by atoms with Crippen LogP contribution in [0.2, 0.25) is 0 Å². The minimum absolute atomic E-state index is 0.0674. The average Bonchev–Trinajstić information content (AvgIpc) is 3.85. The number of hydrogen-bond donors (Lipinski definition) is 4. The van der Waals surface area contributed by atoms with Gasteiger partial charge in [-0.15, -0.1) is 0 Å². The summed E-state index contributed by atoms with van der Waals surface area (Å²) in [7, 11) is 1.99. The van der Waals surface area contributed by atoms with Crippen molar-refractivity contribution in [1.29, 1.82) is 0 Å². The van der Waals surface area contributed by atoms with E-state index in [0.29, 0.717) is 132 Å². The molecule has 5 N–H and O–H groups in total. The highest BCUT2D eigenvalue weighted by atomic mass is 16.5. The van der Waals surface area contributed by atoms with Crippen molar-refractivity contribution in [3.8, 4) is 34.5 Å². The molecule has 7 aromatic heterocycles. The number of carbonyl (C=O) groups excluding carboxylic acids is 1. The number of nitrogens with zero attached hydrogens (tertiary/aromatic N) is 15. The third kappa shape index (κ3) is 10.3. The van der Waals surface area contributed by atoms with Crippen LogP contribution in [0.15, 0.2) is 121 Å². The minimum Gasteiger partial charge on any atom is -0.488 e. The Labute approximate surface area is 458 Å². The number of nitrogens with two attached hydrogens (primary N) is 1. The van der Waals surface area contributed by atoms with E-state index in [1.807, 2.05) is 105 Å². The summed E-state index contributed by atoms with van der Waals surface area (Å²) in [6.45, 7) is 10.8. The zero-order valence-corrected chi connectivity index (χ0v) is 44.2. The Kier molecular flexibility index (Phi) is 13.3. The van der Waals surface area contributed by atoms with Gasteiger partial charge in [0.05, 0.1) is 29.7 Å². The van der Waals surface area contributed by atoms with Gasteiger partial charge < -0.3 is 60.3 Å². The number of nitrogens with one attached hydrogen (secondary N) is 3. The number of aryl methyl sites for hydroxylation is 2. The maximum atomic E-state index is 13.7. The van der Waals surface area contributed by atoms with Crippen LogP contribution in [0.4, 0.5) is 34.6 Å². The Bertz CT molecular complexity index is 3940. The number of nitrogen functional groups attached to an aromatic ring is 1. The molecule has 2 saturated heterocycles. The predicted molar refractivity (Wildman–Crippen MR) is 301 cm³/mol. The lowest BCUT2D eigenvalue weighted by molar-refractivity contribution is -0.129. The second kappa shape index (κ2) is 21.3. The van der Waals surface area contributed by atoms with E-state index >= 15 is 0 Å². The molecule has 2 atom stereocenters. The summed E-state index contributed by atoms with van der Waals surface area (Å²) in [5, 5.41) is 14.5. The molecule has 1 amide bonds. The molecule has 4 aliphatic rings. The monoisotopic (exact) mass is 1080 g/mol. The Morgan fingerprint density at radius 1 is 0.775 bits per heavy atom. The molecule has 2 aromatic carbocycles. The van der Waals surface area contributed by atoms with Crippen LogP contribution < -0.4 is 56.0 Å². The number of pyridine rings is 4. The molecule has 24 nitrogen and oxygen atoms in total. The van der Waals surface area contributed by atoms with Crippen LogP contribution in [0, 0.1) is 13.8 Å². The Hall–Kier alpha value is -9.68. The molecule has 0 aliphatic carbocycles. The molecular formula is C56H57N19O5.